The van der Waals surface area contributed by atoms with Gasteiger partial charge in [-0.1, -0.05) is 24.3 Å². The van der Waals surface area contributed by atoms with Crippen LogP contribution in [0.15, 0.2) is 24.3 Å². The molecule has 0 aromatic heterocycles. The maximum absolute atomic E-state index is 12.9. The molecule has 1 aromatic rings. The van der Waals surface area contributed by atoms with E-state index in [2.05, 4.69) is 52.9 Å². The summed E-state index contributed by atoms with van der Waals surface area (Å²) in [5.41, 5.74) is 2.62. The molecule has 172 valence electrons. The summed E-state index contributed by atoms with van der Waals surface area (Å²) in [4.78, 5) is 28.6. The van der Waals surface area contributed by atoms with Crippen LogP contribution in [0.1, 0.15) is 36.9 Å². The number of aryl methyl sites for hydroxylation is 1. The molecule has 0 aliphatic carbocycles. The summed E-state index contributed by atoms with van der Waals surface area (Å²) in [5, 5.41) is 6.89. The third kappa shape index (κ3) is 5.45. The van der Waals surface area contributed by atoms with Crippen LogP contribution in [0.3, 0.4) is 0 Å². The number of hydrogen-bond acceptors (Lipinski definition) is 5. The second-order valence-electron chi connectivity index (χ2n) is 9.00. The molecule has 0 unspecified atom stereocenters. The van der Waals surface area contributed by atoms with Crippen LogP contribution in [-0.2, 0) is 14.3 Å². The van der Waals surface area contributed by atoms with Gasteiger partial charge in [0, 0.05) is 38.2 Å². The number of ether oxygens (including phenoxy) is 1. The van der Waals surface area contributed by atoms with E-state index in [0.717, 1.165) is 19.6 Å². The van der Waals surface area contributed by atoms with Gasteiger partial charge in [0.1, 0.15) is 6.61 Å². The first-order chi connectivity index (χ1) is 15.0. The molecule has 31 heavy (non-hydrogen) atoms. The maximum Gasteiger partial charge on any atom is 0.290 e. The minimum Gasteiger partial charge on any atom is -0.483 e. The van der Waals surface area contributed by atoms with Crippen molar-refractivity contribution in [3.8, 4) is 0 Å². The number of fused-ring (bicyclic) bond motifs is 1. The lowest BCUT2D eigenvalue weighted by atomic mass is 9.87. The number of hydrogen-bond donors (Lipinski definition) is 1. The van der Waals surface area contributed by atoms with Gasteiger partial charge in [-0.25, -0.2) is 0 Å². The Balaban J connectivity index is 0.000000858. The Labute approximate surface area is 185 Å². The zero-order valence-electron chi connectivity index (χ0n) is 19.1. The SMILES string of the molecule is CCOCC(=O)N1C[C@@H]2CN(C3CCN(C)CC3)C[C@@H]2[C@H]1c1ccccc1C.O=CO. The molecule has 0 bridgehead atoms. The molecule has 7 heteroatoms. The number of rotatable bonds is 5. The Morgan fingerprint density at radius 3 is 2.52 bits per heavy atom. The lowest BCUT2D eigenvalue weighted by Gasteiger charge is -2.37. The van der Waals surface area contributed by atoms with Gasteiger partial charge < -0.3 is 19.6 Å². The summed E-state index contributed by atoms with van der Waals surface area (Å²) >= 11 is 0. The number of nitrogens with zero attached hydrogens (tertiary/aromatic N) is 3. The molecule has 1 aromatic carbocycles. The van der Waals surface area contributed by atoms with Crippen LogP contribution >= 0.6 is 0 Å². The van der Waals surface area contributed by atoms with Crippen molar-refractivity contribution < 1.29 is 19.4 Å². The first kappa shape index (κ1) is 23.7. The summed E-state index contributed by atoms with van der Waals surface area (Å²) in [7, 11) is 2.23. The smallest absolute Gasteiger partial charge is 0.290 e. The van der Waals surface area contributed by atoms with Gasteiger partial charge >= 0.3 is 0 Å². The van der Waals surface area contributed by atoms with Crippen LogP contribution in [0.2, 0.25) is 0 Å². The Morgan fingerprint density at radius 2 is 1.87 bits per heavy atom. The quantitative estimate of drug-likeness (QED) is 0.721. The monoisotopic (exact) mass is 431 g/mol. The minimum absolute atomic E-state index is 0.148. The van der Waals surface area contributed by atoms with E-state index < -0.39 is 0 Å². The van der Waals surface area contributed by atoms with Gasteiger partial charge in [0.25, 0.3) is 6.47 Å². The van der Waals surface area contributed by atoms with E-state index in [-0.39, 0.29) is 25.0 Å². The molecule has 0 saturated carbocycles. The molecule has 3 fully saturated rings. The average Bonchev–Trinajstić information content (AvgIpc) is 3.32. The summed E-state index contributed by atoms with van der Waals surface area (Å²) in [6.07, 6.45) is 2.55. The highest BCUT2D eigenvalue weighted by molar-refractivity contribution is 5.78. The molecule has 1 N–H and O–H groups in total. The van der Waals surface area contributed by atoms with E-state index in [1.54, 1.807) is 0 Å². The normalized spacial score (nSPS) is 26.9. The molecule has 4 rings (SSSR count). The van der Waals surface area contributed by atoms with Crippen LogP contribution < -0.4 is 0 Å². The van der Waals surface area contributed by atoms with E-state index in [0.29, 0.717) is 24.5 Å². The molecule has 3 atom stereocenters. The van der Waals surface area contributed by atoms with Crippen molar-refractivity contribution in [2.24, 2.45) is 11.8 Å². The van der Waals surface area contributed by atoms with Gasteiger partial charge in [0.2, 0.25) is 5.91 Å². The summed E-state index contributed by atoms with van der Waals surface area (Å²) in [6, 6.07) is 9.52. The summed E-state index contributed by atoms with van der Waals surface area (Å²) in [6.45, 7) is 10.2. The van der Waals surface area contributed by atoms with E-state index in [9.17, 15) is 4.79 Å². The third-order valence-corrected chi connectivity index (χ3v) is 7.15. The fourth-order valence-corrected chi connectivity index (χ4v) is 5.58. The number of amides is 1. The zero-order valence-corrected chi connectivity index (χ0v) is 19.1. The zero-order chi connectivity index (χ0) is 22.4. The number of carbonyl (C=O) groups excluding carboxylic acids is 1. The van der Waals surface area contributed by atoms with Gasteiger partial charge in [-0.2, -0.15) is 0 Å². The highest BCUT2D eigenvalue weighted by Gasteiger charge is 2.50. The number of likely N-dealkylation sites (tertiary alicyclic amines) is 3. The molecular formula is C24H37N3O4. The predicted octanol–water partition coefficient (Wildman–Crippen LogP) is 2.26. The molecule has 3 saturated heterocycles. The van der Waals surface area contributed by atoms with Crippen molar-refractivity contribution in [1.82, 2.24) is 14.7 Å². The standard InChI is InChI=1S/C23H35N3O2.CH2O2/c1-4-28-16-22(27)26-14-18-13-25(19-9-11-24(3)12-10-19)15-21(18)23(26)20-8-6-5-7-17(20)2;2-1-3/h5-8,18-19,21,23H,4,9-16H2,1-3H3;1H,(H,2,3)/t18-,21-,23+;/m0./s1. The van der Waals surface area contributed by atoms with Crippen molar-refractivity contribution >= 4 is 12.4 Å². The van der Waals surface area contributed by atoms with Gasteiger partial charge in [-0.05, 0) is 63.9 Å². The predicted molar refractivity (Wildman–Crippen MR) is 120 cm³/mol. The highest BCUT2D eigenvalue weighted by atomic mass is 16.5. The molecule has 0 spiro atoms. The van der Waals surface area contributed by atoms with E-state index in [1.807, 2.05) is 6.92 Å². The van der Waals surface area contributed by atoms with Gasteiger partial charge in [-0.15, -0.1) is 0 Å². The summed E-state index contributed by atoms with van der Waals surface area (Å²) < 4.78 is 5.46. The Kier molecular flexibility index (Phi) is 8.46. The van der Waals surface area contributed by atoms with Crippen LogP contribution in [0.25, 0.3) is 0 Å². The Hall–Kier alpha value is -1.96. The molecule has 0 radical (unpaired) electrons. The number of carbonyl (C=O) groups is 2. The second-order valence-corrected chi connectivity index (χ2v) is 9.00. The van der Waals surface area contributed by atoms with Crippen molar-refractivity contribution in [3.05, 3.63) is 35.4 Å². The summed E-state index contributed by atoms with van der Waals surface area (Å²) in [5.74, 6) is 1.26. The van der Waals surface area contributed by atoms with Crippen molar-refractivity contribution in [2.45, 2.75) is 38.8 Å². The first-order valence-electron chi connectivity index (χ1n) is 11.4. The molecule has 3 heterocycles. The maximum atomic E-state index is 12.9. The van der Waals surface area contributed by atoms with Crippen LogP contribution in [0.4, 0.5) is 0 Å². The topological polar surface area (TPSA) is 73.3 Å². The fraction of sp³-hybridized carbons (Fsp3) is 0.667. The van der Waals surface area contributed by atoms with Gasteiger partial charge in [-0.3, -0.25) is 14.5 Å². The number of benzene rings is 1. The first-order valence-corrected chi connectivity index (χ1v) is 11.4. The van der Waals surface area contributed by atoms with Crippen molar-refractivity contribution in [2.75, 3.05) is 53.0 Å². The van der Waals surface area contributed by atoms with Gasteiger partial charge in [0.15, 0.2) is 0 Å². The molecular weight excluding hydrogens is 394 g/mol. The largest absolute Gasteiger partial charge is 0.483 e. The number of piperidine rings is 1. The van der Waals surface area contributed by atoms with E-state index in [4.69, 9.17) is 14.6 Å². The molecule has 3 aliphatic rings. The molecule has 3 aliphatic heterocycles. The highest BCUT2D eigenvalue weighted by Crippen LogP contribution is 2.46. The average molecular weight is 432 g/mol. The van der Waals surface area contributed by atoms with Crippen LogP contribution in [0, 0.1) is 18.8 Å². The second kappa shape index (κ2) is 11.1. The lowest BCUT2D eigenvalue weighted by Crippen LogP contribution is -2.44. The van der Waals surface area contributed by atoms with Crippen LogP contribution in [-0.4, -0.2) is 91.2 Å². The third-order valence-electron chi connectivity index (χ3n) is 7.15. The van der Waals surface area contributed by atoms with Crippen molar-refractivity contribution in [3.63, 3.8) is 0 Å². The van der Waals surface area contributed by atoms with E-state index in [1.165, 1.54) is 37.1 Å². The molecule has 7 nitrogen and oxygen atoms in total. The van der Waals surface area contributed by atoms with Gasteiger partial charge in [0.05, 0.1) is 6.04 Å². The Bertz CT molecular complexity index is 735. The fourth-order valence-electron chi connectivity index (χ4n) is 5.58. The minimum atomic E-state index is -0.250. The Morgan fingerprint density at radius 1 is 1.19 bits per heavy atom. The van der Waals surface area contributed by atoms with Crippen LogP contribution in [0.5, 0.6) is 0 Å². The lowest BCUT2D eigenvalue weighted by molar-refractivity contribution is -0.137. The van der Waals surface area contributed by atoms with E-state index >= 15 is 0 Å². The van der Waals surface area contributed by atoms with Crippen molar-refractivity contribution in [1.29, 1.82) is 0 Å². The molecule has 1 amide bonds. The number of carboxylic acid groups (broad SMARTS) is 1.